The van der Waals surface area contributed by atoms with Crippen LogP contribution in [-0.2, 0) is 19.9 Å². The highest BCUT2D eigenvalue weighted by Gasteiger charge is 2.19. The van der Waals surface area contributed by atoms with Crippen molar-refractivity contribution in [2.45, 2.75) is 33.1 Å². The molecule has 4 rings (SSSR count). The van der Waals surface area contributed by atoms with Crippen molar-refractivity contribution in [3.63, 3.8) is 0 Å². The number of amides is 1. The van der Waals surface area contributed by atoms with Gasteiger partial charge in [-0.25, -0.2) is 9.37 Å². The first-order chi connectivity index (χ1) is 15.9. The second-order valence-electron chi connectivity index (χ2n) is 7.98. The SMILES string of the molecule is CCCc1cnc2ccc(-c3cccc(F)c3OCCc3c(C(=O)NC)nn(C)c3C)cn12. The van der Waals surface area contributed by atoms with Gasteiger partial charge in [0.25, 0.3) is 5.91 Å². The second kappa shape index (κ2) is 9.44. The van der Waals surface area contributed by atoms with E-state index in [1.54, 1.807) is 24.8 Å². The zero-order chi connectivity index (χ0) is 23.5. The number of imidazole rings is 1. The van der Waals surface area contributed by atoms with E-state index in [-0.39, 0.29) is 18.3 Å². The molecular weight excluding hydrogens is 421 g/mol. The van der Waals surface area contributed by atoms with E-state index in [1.165, 1.54) is 6.07 Å². The van der Waals surface area contributed by atoms with Crippen LogP contribution in [0.4, 0.5) is 4.39 Å². The monoisotopic (exact) mass is 449 g/mol. The molecule has 0 radical (unpaired) electrons. The minimum atomic E-state index is -0.429. The molecule has 3 aromatic heterocycles. The van der Waals surface area contributed by atoms with Gasteiger partial charge in [-0.3, -0.25) is 9.48 Å². The summed E-state index contributed by atoms with van der Waals surface area (Å²) in [4.78, 5) is 16.6. The van der Waals surface area contributed by atoms with Gasteiger partial charge in [0.1, 0.15) is 5.65 Å². The molecule has 0 aliphatic rings. The lowest BCUT2D eigenvalue weighted by Gasteiger charge is -2.14. The molecule has 7 nitrogen and oxygen atoms in total. The number of hydrogen-bond donors (Lipinski definition) is 1. The highest BCUT2D eigenvalue weighted by molar-refractivity contribution is 5.93. The van der Waals surface area contributed by atoms with Crippen molar-refractivity contribution in [3.8, 4) is 16.9 Å². The van der Waals surface area contributed by atoms with Crippen molar-refractivity contribution < 1.29 is 13.9 Å². The Bertz CT molecular complexity index is 1310. The van der Waals surface area contributed by atoms with Gasteiger partial charge >= 0.3 is 0 Å². The highest BCUT2D eigenvalue weighted by Crippen LogP contribution is 2.33. The Kier molecular flexibility index (Phi) is 6.44. The first kappa shape index (κ1) is 22.5. The molecule has 1 amide bonds. The van der Waals surface area contributed by atoms with E-state index in [4.69, 9.17) is 4.74 Å². The third-order valence-electron chi connectivity index (χ3n) is 5.86. The summed E-state index contributed by atoms with van der Waals surface area (Å²) in [6.07, 6.45) is 6.21. The number of benzene rings is 1. The Balaban J connectivity index is 1.62. The summed E-state index contributed by atoms with van der Waals surface area (Å²) in [6.45, 7) is 4.23. The average Bonchev–Trinajstić information content (AvgIpc) is 3.35. The van der Waals surface area contributed by atoms with Gasteiger partial charge in [0, 0.05) is 61.0 Å². The van der Waals surface area contributed by atoms with E-state index in [9.17, 15) is 9.18 Å². The molecule has 0 aliphatic heterocycles. The van der Waals surface area contributed by atoms with Gasteiger partial charge in [0.05, 0.1) is 6.61 Å². The Hall–Kier alpha value is -3.68. The third kappa shape index (κ3) is 4.33. The van der Waals surface area contributed by atoms with Crippen LogP contribution in [-0.4, -0.2) is 38.7 Å². The second-order valence-corrected chi connectivity index (χ2v) is 7.98. The lowest BCUT2D eigenvalue weighted by Crippen LogP contribution is -2.20. The number of carbonyl (C=O) groups excluding carboxylic acids is 1. The topological polar surface area (TPSA) is 73.4 Å². The molecule has 0 bridgehead atoms. The summed E-state index contributed by atoms with van der Waals surface area (Å²) in [5.74, 6) is -0.490. The normalized spacial score (nSPS) is 11.2. The molecule has 0 saturated heterocycles. The summed E-state index contributed by atoms with van der Waals surface area (Å²) in [5.41, 5.74) is 5.51. The third-order valence-corrected chi connectivity index (χ3v) is 5.86. The number of para-hydroxylation sites is 1. The van der Waals surface area contributed by atoms with Crippen LogP contribution < -0.4 is 10.1 Å². The Morgan fingerprint density at radius 1 is 1.21 bits per heavy atom. The maximum absolute atomic E-state index is 14.8. The summed E-state index contributed by atoms with van der Waals surface area (Å²) in [5, 5.41) is 6.92. The van der Waals surface area contributed by atoms with Gasteiger partial charge in [-0.1, -0.05) is 25.5 Å². The first-order valence-electron chi connectivity index (χ1n) is 11.1. The van der Waals surface area contributed by atoms with Crippen LogP contribution in [0.15, 0.2) is 42.7 Å². The Morgan fingerprint density at radius 2 is 2.03 bits per heavy atom. The van der Waals surface area contributed by atoms with Crippen molar-refractivity contribution in [2.24, 2.45) is 7.05 Å². The molecule has 0 aliphatic carbocycles. The summed E-state index contributed by atoms with van der Waals surface area (Å²) in [6, 6.07) is 8.77. The molecule has 4 aromatic rings. The fourth-order valence-electron chi connectivity index (χ4n) is 4.02. The number of ether oxygens (including phenoxy) is 1. The molecule has 1 N–H and O–H groups in total. The van der Waals surface area contributed by atoms with Crippen molar-refractivity contribution in [1.29, 1.82) is 0 Å². The zero-order valence-corrected chi connectivity index (χ0v) is 19.4. The van der Waals surface area contributed by atoms with Crippen LogP contribution in [0.3, 0.4) is 0 Å². The van der Waals surface area contributed by atoms with Crippen LogP contribution in [0.1, 0.15) is 40.8 Å². The van der Waals surface area contributed by atoms with Crippen molar-refractivity contribution >= 4 is 11.6 Å². The van der Waals surface area contributed by atoms with Crippen molar-refractivity contribution in [1.82, 2.24) is 24.5 Å². The Labute approximate surface area is 192 Å². The minimum absolute atomic E-state index is 0.192. The zero-order valence-electron chi connectivity index (χ0n) is 19.4. The number of hydrogen-bond acceptors (Lipinski definition) is 4. The smallest absolute Gasteiger partial charge is 0.271 e. The number of rotatable bonds is 8. The highest BCUT2D eigenvalue weighted by atomic mass is 19.1. The van der Waals surface area contributed by atoms with Gasteiger partial charge in [-0.05, 0) is 31.5 Å². The number of aromatic nitrogens is 4. The number of halogens is 1. The lowest BCUT2D eigenvalue weighted by atomic mass is 10.1. The van der Waals surface area contributed by atoms with Crippen LogP contribution in [0, 0.1) is 12.7 Å². The molecule has 0 saturated carbocycles. The molecule has 172 valence electrons. The van der Waals surface area contributed by atoms with E-state index in [1.807, 2.05) is 41.9 Å². The number of pyridine rings is 1. The minimum Gasteiger partial charge on any atom is -0.490 e. The molecule has 0 fully saturated rings. The number of nitrogens with one attached hydrogen (secondary N) is 1. The van der Waals surface area contributed by atoms with Gasteiger partial charge in [-0.15, -0.1) is 0 Å². The molecule has 33 heavy (non-hydrogen) atoms. The average molecular weight is 450 g/mol. The van der Waals surface area contributed by atoms with E-state index in [2.05, 4.69) is 22.3 Å². The van der Waals surface area contributed by atoms with Gasteiger partial charge < -0.3 is 14.5 Å². The van der Waals surface area contributed by atoms with Crippen molar-refractivity contribution in [2.75, 3.05) is 13.7 Å². The molecule has 3 heterocycles. The fraction of sp³-hybridized carbons (Fsp3) is 0.320. The Morgan fingerprint density at radius 3 is 2.79 bits per heavy atom. The van der Waals surface area contributed by atoms with E-state index < -0.39 is 5.82 Å². The molecule has 8 heteroatoms. The van der Waals surface area contributed by atoms with Gasteiger partial charge in [0.2, 0.25) is 0 Å². The lowest BCUT2D eigenvalue weighted by molar-refractivity contribution is 0.0956. The first-order valence-corrected chi connectivity index (χ1v) is 11.1. The maximum atomic E-state index is 14.8. The predicted molar refractivity (Wildman–Crippen MR) is 125 cm³/mol. The number of nitrogens with zero attached hydrogens (tertiary/aromatic N) is 4. The van der Waals surface area contributed by atoms with E-state index >= 15 is 0 Å². The predicted octanol–water partition coefficient (Wildman–Crippen LogP) is 4.12. The fourth-order valence-corrected chi connectivity index (χ4v) is 4.02. The van der Waals surface area contributed by atoms with E-state index in [0.717, 1.165) is 41.0 Å². The van der Waals surface area contributed by atoms with Crippen molar-refractivity contribution in [3.05, 3.63) is 71.2 Å². The van der Waals surface area contributed by atoms with Crippen LogP contribution in [0.2, 0.25) is 0 Å². The van der Waals surface area contributed by atoms with Crippen LogP contribution in [0.5, 0.6) is 5.75 Å². The summed E-state index contributed by atoms with van der Waals surface area (Å²) in [7, 11) is 3.36. The van der Waals surface area contributed by atoms with Crippen LogP contribution >= 0.6 is 0 Å². The molecular formula is C25H28FN5O2. The molecule has 0 spiro atoms. The summed E-state index contributed by atoms with van der Waals surface area (Å²) >= 11 is 0. The number of aryl methyl sites for hydroxylation is 2. The quantitative estimate of drug-likeness (QED) is 0.439. The van der Waals surface area contributed by atoms with Crippen LogP contribution in [0.25, 0.3) is 16.8 Å². The molecule has 0 unspecified atom stereocenters. The van der Waals surface area contributed by atoms with Gasteiger partial charge in [0.15, 0.2) is 17.3 Å². The molecule has 0 atom stereocenters. The largest absolute Gasteiger partial charge is 0.490 e. The standard InChI is InChI=1S/C25H28FN5O2/c1-5-7-18-14-28-22-11-10-17(15-31(18)22)20-8-6-9-21(26)24(20)33-13-12-19-16(2)30(4)29-23(19)25(32)27-3/h6,8-11,14-15H,5,7,12-13H2,1-4H3,(H,27,32). The molecule has 1 aromatic carbocycles. The number of fused-ring (bicyclic) bond motifs is 1. The summed E-state index contributed by atoms with van der Waals surface area (Å²) < 4.78 is 24.5. The maximum Gasteiger partial charge on any atom is 0.271 e. The van der Waals surface area contributed by atoms with Gasteiger partial charge in [-0.2, -0.15) is 5.10 Å². The van der Waals surface area contributed by atoms with E-state index in [0.29, 0.717) is 17.7 Å². The number of carbonyl (C=O) groups is 1.